The van der Waals surface area contributed by atoms with E-state index in [0.29, 0.717) is 29.3 Å². The van der Waals surface area contributed by atoms with Crippen LogP contribution in [0.4, 0.5) is 11.4 Å². The Kier molecular flexibility index (Phi) is 6.13. The molecule has 2 aromatic carbocycles. The van der Waals surface area contributed by atoms with E-state index in [-0.39, 0.29) is 18.4 Å². The molecule has 0 spiro atoms. The molecule has 6 nitrogen and oxygen atoms in total. The number of para-hydroxylation sites is 2. The van der Waals surface area contributed by atoms with Crippen molar-refractivity contribution in [2.45, 2.75) is 13.8 Å². The van der Waals surface area contributed by atoms with Crippen molar-refractivity contribution in [2.24, 2.45) is 0 Å². The van der Waals surface area contributed by atoms with Gasteiger partial charge in [-0.25, -0.2) is 0 Å². The summed E-state index contributed by atoms with van der Waals surface area (Å²) in [6.07, 6.45) is 0. The van der Waals surface area contributed by atoms with Crippen LogP contribution in [0.5, 0.6) is 5.75 Å². The van der Waals surface area contributed by atoms with Gasteiger partial charge in [-0.3, -0.25) is 9.59 Å². The Morgan fingerprint density at radius 1 is 1.16 bits per heavy atom. The van der Waals surface area contributed by atoms with Gasteiger partial charge >= 0.3 is 0 Å². The highest BCUT2D eigenvalue weighted by Gasteiger charge is 2.17. The fourth-order valence-electron chi connectivity index (χ4n) is 2.28. The summed E-state index contributed by atoms with van der Waals surface area (Å²) in [5.41, 5.74) is 1.60. The molecule has 0 heterocycles. The van der Waals surface area contributed by atoms with Crippen molar-refractivity contribution in [3.8, 4) is 11.8 Å². The van der Waals surface area contributed by atoms with Crippen LogP contribution in [-0.4, -0.2) is 25.0 Å². The van der Waals surface area contributed by atoms with Crippen LogP contribution in [0.3, 0.4) is 0 Å². The van der Waals surface area contributed by atoms with E-state index < -0.39 is 0 Å². The summed E-state index contributed by atoms with van der Waals surface area (Å²) in [5, 5.41) is 11.6. The summed E-state index contributed by atoms with van der Waals surface area (Å²) < 4.78 is 5.47. The Bertz CT molecular complexity index is 794. The van der Waals surface area contributed by atoms with Gasteiger partial charge in [-0.2, -0.15) is 5.26 Å². The summed E-state index contributed by atoms with van der Waals surface area (Å²) in [6, 6.07) is 15.6. The first kappa shape index (κ1) is 18.0. The molecule has 0 fully saturated rings. The van der Waals surface area contributed by atoms with E-state index in [1.165, 1.54) is 11.8 Å². The molecule has 0 radical (unpaired) electrons. The highest BCUT2D eigenvalue weighted by Crippen LogP contribution is 2.24. The Labute approximate surface area is 146 Å². The molecule has 0 unspecified atom stereocenters. The molecular weight excluding hydrogens is 318 g/mol. The Morgan fingerprint density at radius 3 is 2.44 bits per heavy atom. The van der Waals surface area contributed by atoms with Crippen molar-refractivity contribution in [1.82, 2.24) is 0 Å². The van der Waals surface area contributed by atoms with E-state index in [1.54, 1.807) is 42.5 Å². The second kappa shape index (κ2) is 8.50. The van der Waals surface area contributed by atoms with Crippen molar-refractivity contribution >= 4 is 23.2 Å². The van der Waals surface area contributed by atoms with E-state index in [0.717, 1.165) is 0 Å². The van der Waals surface area contributed by atoms with Gasteiger partial charge in [-0.1, -0.05) is 12.1 Å². The van der Waals surface area contributed by atoms with Gasteiger partial charge in [0.1, 0.15) is 12.3 Å². The Morgan fingerprint density at radius 2 is 1.84 bits per heavy atom. The van der Waals surface area contributed by atoms with E-state index in [9.17, 15) is 9.59 Å². The molecule has 6 heteroatoms. The largest absolute Gasteiger partial charge is 0.492 e. The minimum atomic E-state index is -0.341. The number of ether oxygens (including phenoxy) is 1. The van der Waals surface area contributed by atoms with E-state index in [4.69, 9.17) is 10.00 Å². The van der Waals surface area contributed by atoms with Crippen LogP contribution in [0.2, 0.25) is 0 Å². The van der Waals surface area contributed by atoms with Crippen LogP contribution < -0.4 is 15.0 Å². The number of carbonyl (C=O) groups is 2. The number of amides is 2. The lowest BCUT2D eigenvalue weighted by atomic mass is 10.2. The van der Waals surface area contributed by atoms with Gasteiger partial charge in [0.2, 0.25) is 11.8 Å². The quantitative estimate of drug-likeness (QED) is 0.878. The van der Waals surface area contributed by atoms with Crippen LogP contribution in [0, 0.1) is 11.3 Å². The summed E-state index contributed by atoms with van der Waals surface area (Å²) >= 11 is 0. The van der Waals surface area contributed by atoms with Gasteiger partial charge in [0.05, 0.1) is 23.9 Å². The average Bonchev–Trinajstić information content (AvgIpc) is 2.61. The lowest BCUT2D eigenvalue weighted by Gasteiger charge is -2.21. The number of rotatable bonds is 6. The van der Waals surface area contributed by atoms with Crippen molar-refractivity contribution in [1.29, 1.82) is 5.26 Å². The van der Waals surface area contributed by atoms with E-state index in [2.05, 4.69) is 5.32 Å². The van der Waals surface area contributed by atoms with Gasteiger partial charge in [-0.15, -0.1) is 0 Å². The lowest BCUT2D eigenvalue weighted by molar-refractivity contribution is -0.120. The molecular formula is C19H19N3O3. The lowest BCUT2D eigenvalue weighted by Crippen LogP contribution is -2.36. The molecule has 0 saturated heterocycles. The van der Waals surface area contributed by atoms with Crippen LogP contribution in [-0.2, 0) is 9.59 Å². The molecule has 0 saturated carbocycles. The SMILES string of the molecule is CCOc1ccccc1NC(=O)CN(C(C)=O)c1ccc(C#N)cc1. The zero-order chi connectivity index (χ0) is 18.2. The third-order valence-corrected chi connectivity index (χ3v) is 3.45. The molecule has 0 aliphatic carbocycles. The third kappa shape index (κ3) is 4.82. The van der Waals surface area contributed by atoms with Crippen molar-refractivity contribution in [2.75, 3.05) is 23.4 Å². The molecule has 0 aromatic heterocycles. The normalized spacial score (nSPS) is 9.80. The van der Waals surface area contributed by atoms with Crippen molar-refractivity contribution < 1.29 is 14.3 Å². The van der Waals surface area contributed by atoms with Crippen LogP contribution in [0.1, 0.15) is 19.4 Å². The smallest absolute Gasteiger partial charge is 0.244 e. The number of nitriles is 1. The van der Waals surface area contributed by atoms with Crippen LogP contribution in [0.15, 0.2) is 48.5 Å². The van der Waals surface area contributed by atoms with Crippen LogP contribution >= 0.6 is 0 Å². The summed E-state index contributed by atoms with van der Waals surface area (Å²) in [7, 11) is 0. The van der Waals surface area contributed by atoms with Gasteiger partial charge in [0, 0.05) is 12.6 Å². The van der Waals surface area contributed by atoms with E-state index in [1.807, 2.05) is 19.1 Å². The number of hydrogen-bond donors (Lipinski definition) is 1. The highest BCUT2D eigenvalue weighted by atomic mass is 16.5. The minimum Gasteiger partial charge on any atom is -0.492 e. The number of benzene rings is 2. The van der Waals surface area contributed by atoms with Gasteiger partial charge in [-0.05, 0) is 43.3 Å². The summed E-state index contributed by atoms with van der Waals surface area (Å²) in [6.45, 7) is 3.60. The fourth-order valence-corrected chi connectivity index (χ4v) is 2.28. The minimum absolute atomic E-state index is 0.137. The molecule has 25 heavy (non-hydrogen) atoms. The molecule has 1 N–H and O–H groups in total. The first-order valence-electron chi connectivity index (χ1n) is 7.85. The summed E-state index contributed by atoms with van der Waals surface area (Å²) in [5.74, 6) is -0.0317. The zero-order valence-electron chi connectivity index (χ0n) is 14.2. The molecule has 2 aromatic rings. The Hall–Kier alpha value is -3.33. The van der Waals surface area contributed by atoms with Crippen molar-refractivity contribution in [3.05, 3.63) is 54.1 Å². The molecule has 128 valence electrons. The number of carbonyl (C=O) groups excluding carboxylic acids is 2. The molecule has 2 rings (SSSR count). The van der Waals surface area contributed by atoms with Gasteiger partial charge < -0.3 is 15.0 Å². The Balaban J connectivity index is 2.13. The molecule has 0 bridgehead atoms. The predicted octanol–water partition coefficient (Wildman–Crippen LogP) is 2.95. The first-order valence-corrected chi connectivity index (χ1v) is 7.85. The predicted molar refractivity (Wildman–Crippen MR) is 95.4 cm³/mol. The molecule has 2 amide bonds. The number of hydrogen-bond acceptors (Lipinski definition) is 4. The maximum Gasteiger partial charge on any atom is 0.244 e. The second-order valence-electron chi connectivity index (χ2n) is 5.24. The zero-order valence-corrected chi connectivity index (χ0v) is 14.2. The number of nitrogens with zero attached hydrogens (tertiary/aromatic N) is 2. The maximum absolute atomic E-state index is 12.4. The monoisotopic (exact) mass is 337 g/mol. The topological polar surface area (TPSA) is 82.4 Å². The fraction of sp³-hybridized carbons (Fsp3) is 0.211. The third-order valence-electron chi connectivity index (χ3n) is 3.45. The van der Waals surface area contributed by atoms with Crippen molar-refractivity contribution in [3.63, 3.8) is 0 Å². The van der Waals surface area contributed by atoms with Gasteiger partial charge in [0.25, 0.3) is 0 Å². The molecule has 0 aliphatic rings. The molecule has 0 atom stereocenters. The van der Waals surface area contributed by atoms with Crippen LogP contribution in [0.25, 0.3) is 0 Å². The van der Waals surface area contributed by atoms with Gasteiger partial charge in [0.15, 0.2) is 0 Å². The first-order chi connectivity index (χ1) is 12.0. The summed E-state index contributed by atoms with van der Waals surface area (Å²) in [4.78, 5) is 25.6. The highest BCUT2D eigenvalue weighted by molar-refractivity contribution is 6.02. The number of nitrogens with one attached hydrogen (secondary N) is 1. The maximum atomic E-state index is 12.4. The average molecular weight is 337 g/mol. The van der Waals surface area contributed by atoms with E-state index >= 15 is 0 Å². The standard InChI is InChI=1S/C19H19N3O3/c1-3-25-18-7-5-4-6-17(18)21-19(24)13-22(14(2)23)16-10-8-15(12-20)9-11-16/h4-11H,3,13H2,1-2H3,(H,21,24). The number of anilines is 2. The molecule has 0 aliphatic heterocycles. The second-order valence-corrected chi connectivity index (χ2v) is 5.24.